The number of piperidine rings is 1. The van der Waals surface area contributed by atoms with Gasteiger partial charge < -0.3 is 5.73 Å². The smallest absolute Gasteiger partial charge is 0.0843 e. The fraction of sp³-hybridized carbons (Fsp3) is 0.600. The average molecular weight is 354 g/mol. The Balaban J connectivity index is 2.27. The summed E-state index contributed by atoms with van der Waals surface area (Å²) in [4.78, 5) is 3.71. The maximum atomic E-state index is 6.20. The molecule has 2 rings (SSSR count). The minimum Gasteiger partial charge on any atom is -0.326 e. The van der Waals surface area contributed by atoms with Gasteiger partial charge in [0.2, 0.25) is 0 Å². The number of hydrogen-bond donors (Lipinski definition) is 1. The van der Waals surface area contributed by atoms with E-state index in [1.54, 1.807) is 11.3 Å². The van der Waals surface area contributed by atoms with E-state index in [0.717, 1.165) is 21.2 Å². The van der Waals surface area contributed by atoms with Gasteiger partial charge in [-0.05, 0) is 64.4 Å². The lowest BCUT2D eigenvalue weighted by molar-refractivity contribution is 0.166. The molecule has 2 nitrogen and oxygen atoms in total. The number of thiophene rings is 1. The maximum absolute atomic E-state index is 6.20. The molecule has 2 N–H and O–H groups in total. The predicted molar refractivity (Wildman–Crippen MR) is 72.3 cm³/mol. The summed E-state index contributed by atoms with van der Waals surface area (Å²) in [7, 11) is 2.16. The van der Waals surface area contributed by atoms with Gasteiger partial charge in [-0.3, -0.25) is 4.90 Å². The molecule has 0 saturated carbocycles. The Morgan fingerprint density at radius 1 is 1.53 bits per heavy atom. The van der Waals surface area contributed by atoms with Gasteiger partial charge in [0.15, 0.2) is 0 Å². The Morgan fingerprint density at radius 3 is 2.80 bits per heavy atom. The molecule has 2 atom stereocenters. The van der Waals surface area contributed by atoms with Crippen LogP contribution < -0.4 is 5.73 Å². The van der Waals surface area contributed by atoms with Gasteiger partial charge in [0.05, 0.1) is 9.83 Å². The molecule has 5 heteroatoms. The molecule has 1 aromatic rings. The van der Waals surface area contributed by atoms with Crippen molar-refractivity contribution in [3.05, 3.63) is 19.2 Å². The van der Waals surface area contributed by atoms with E-state index in [1.807, 2.05) is 0 Å². The summed E-state index contributed by atoms with van der Waals surface area (Å²) in [6, 6.07) is 2.83. The van der Waals surface area contributed by atoms with Crippen molar-refractivity contribution in [2.24, 2.45) is 5.73 Å². The highest BCUT2D eigenvalue weighted by Crippen LogP contribution is 2.39. The van der Waals surface area contributed by atoms with E-state index in [9.17, 15) is 0 Å². The Hall–Kier alpha value is 0.580. The van der Waals surface area contributed by atoms with Gasteiger partial charge in [0.25, 0.3) is 0 Å². The summed E-state index contributed by atoms with van der Waals surface area (Å²) in [6.45, 7) is 1.14. The molecule has 0 amide bonds. The van der Waals surface area contributed by atoms with Crippen LogP contribution in [0.1, 0.15) is 23.8 Å². The van der Waals surface area contributed by atoms with E-state index < -0.39 is 0 Å². The lowest BCUT2D eigenvalue weighted by Crippen LogP contribution is -2.43. The normalized spacial score (nSPS) is 28.3. The van der Waals surface area contributed by atoms with Gasteiger partial charge in [0, 0.05) is 15.4 Å². The second-order valence-corrected chi connectivity index (χ2v) is 7.26. The van der Waals surface area contributed by atoms with Crippen molar-refractivity contribution in [2.75, 3.05) is 13.6 Å². The molecule has 1 saturated heterocycles. The van der Waals surface area contributed by atoms with Gasteiger partial charge in [-0.25, -0.2) is 0 Å². The largest absolute Gasteiger partial charge is 0.326 e. The number of halogens is 2. The molecule has 2 heterocycles. The van der Waals surface area contributed by atoms with Crippen molar-refractivity contribution in [3.63, 3.8) is 0 Å². The molecule has 15 heavy (non-hydrogen) atoms. The second-order valence-electron chi connectivity index (χ2n) is 4.00. The number of hydrogen-bond acceptors (Lipinski definition) is 3. The van der Waals surface area contributed by atoms with Crippen LogP contribution in [0.15, 0.2) is 14.3 Å². The molecular formula is C10H14Br2N2S. The first-order valence-corrected chi connectivity index (χ1v) is 7.40. The summed E-state index contributed by atoms with van der Waals surface area (Å²) >= 11 is 8.84. The molecule has 84 valence electrons. The van der Waals surface area contributed by atoms with Crippen LogP contribution in [0.2, 0.25) is 0 Å². The summed E-state index contributed by atoms with van der Waals surface area (Å²) < 4.78 is 2.29. The van der Waals surface area contributed by atoms with E-state index in [1.165, 1.54) is 11.3 Å². The number of nitrogens with two attached hydrogens (primary N) is 1. The molecule has 0 bridgehead atoms. The number of likely N-dealkylation sites (tertiary alicyclic amines) is 1. The highest BCUT2D eigenvalue weighted by molar-refractivity contribution is 9.13. The first kappa shape index (κ1) is 12.0. The molecule has 2 unspecified atom stereocenters. The molecule has 0 aliphatic carbocycles. The van der Waals surface area contributed by atoms with Gasteiger partial charge >= 0.3 is 0 Å². The lowest BCUT2D eigenvalue weighted by Gasteiger charge is -2.36. The van der Waals surface area contributed by atoms with E-state index >= 15 is 0 Å². The van der Waals surface area contributed by atoms with Crippen molar-refractivity contribution in [3.8, 4) is 0 Å². The van der Waals surface area contributed by atoms with Crippen LogP contribution in [0.5, 0.6) is 0 Å². The minimum absolute atomic E-state index is 0.265. The highest BCUT2D eigenvalue weighted by Gasteiger charge is 2.29. The Bertz CT molecular complexity index is 324. The molecule has 1 aromatic heterocycles. The van der Waals surface area contributed by atoms with Gasteiger partial charge in [-0.15, -0.1) is 11.3 Å². The molecule has 1 aliphatic rings. The zero-order valence-corrected chi connectivity index (χ0v) is 12.5. The van der Waals surface area contributed by atoms with Crippen LogP contribution in [0.25, 0.3) is 0 Å². The zero-order chi connectivity index (χ0) is 11.0. The molecule has 0 spiro atoms. The van der Waals surface area contributed by atoms with Crippen LogP contribution in [0.4, 0.5) is 0 Å². The maximum Gasteiger partial charge on any atom is 0.0843 e. The van der Waals surface area contributed by atoms with Gasteiger partial charge in [-0.2, -0.15) is 0 Å². The molecule has 1 fully saturated rings. The molecular weight excluding hydrogens is 340 g/mol. The van der Waals surface area contributed by atoms with Gasteiger partial charge in [-0.1, -0.05) is 0 Å². The van der Waals surface area contributed by atoms with Crippen LogP contribution in [0, 0.1) is 0 Å². The Morgan fingerprint density at radius 2 is 2.27 bits per heavy atom. The van der Waals surface area contributed by atoms with Crippen molar-refractivity contribution in [1.29, 1.82) is 0 Å². The third kappa shape index (κ3) is 2.47. The van der Waals surface area contributed by atoms with Crippen LogP contribution in [-0.2, 0) is 0 Å². The Labute approximate surface area is 111 Å². The fourth-order valence-corrected chi connectivity index (χ4v) is 4.47. The standard InChI is InChI=1S/C10H14Br2N2S/c1-14-4-2-3-7(13)9(14)8-5-6(11)10(12)15-8/h5,7,9H,2-4,13H2,1H3. The summed E-state index contributed by atoms with van der Waals surface area (Å²) in [6.07, 6.45) is 2.34. The quantitative estimate of drug-likeness (QED) is 0.838. The summed E-state index contributed by atoms with van der Waals surface area (Å²) in [5.74, 6) is 0. The summed E-state index contributed by atoms with van der Waals surface area (Å²) in [5, 5.41) is 0. The second kappa shape index (κ2) is 4.84. The molecule has 1 aliphatic heterocycles. The lowest BCUT2D eigenvalue weighted by atomic mass is 9.96. The highest BCUT2D eigenvalue weighted by atomic mass is 79.9. The van der Waals surface area contributed by atoms with E-state index in [2.05, 4.69) is 49.9 Å². The summed E-state index contributed by atoms with van der Waals surface area (Å²) in [5.41, 5.74) is 6.20. The number of likely N-dealkylation sites (N-methyl/N-ethyl adjacent to an activating group) is 1. The average Bonchev–Trinajstić information content (AvgIpc) is 2.46. The Kier molecular flexibility index (Phi) is 3.88. The fourth-order valence-electron chi connectivity index (χ4n) is 2.14. The van der Waals surface area contributed by atoms with E-state index in [0.29, 0.717) is 6.04 Å². The van der Waals surface area contributed by atoms with Crippen LogP contribution in [0.3, 0.4) is 0 Å². The van der Waals surface area contributed by atoms with E-state index in [4.69, 9.17) is 5.73 Å². The zero-order valence-electron chi connectivity index (χ0n) is 8.54. The predicted octanol–water partition coefficient (Wildman–Crippen LogP) is 3.37. The SMILES string of the molecule is CN1CCCC(N)C1c1cc(Br)c(Br)s1. The number of rotatable bonds is 1. The third-order valence-corrected chi connectivity index (χ3v) is 6.21. The van der Waals surface area contributed by atoms with Crippen molar-refractivity contribution in [2.45, 2.75) is 24.9 Å². The van der Waals surface area contributed by atoms with E-state index in [-0.39, 0.29) is 6.04 Å². The topological polar surface area (TPSA) is 29.3 Å². The number of nitrogens with zero attached hydrogens (tertiary/aromatic N) is 1. The minimum atomic E-state index is 0.265. The van der Waals surface area contributed by atoms with Crippen molar-refractivity contribution in [1.82, 2.24) is 4.90 Å². The van der Waals surface area contributed by atoms with Crippen molar-refractivity contribution >= 4 is 43.2 Å². The third-order valence-electron chi connectivity index (χ3n) is 2.88. The molecule has 0 aromatic carbocycles. The van der Waals surface area contributed by atoms with Crippen molar-refractivity contribution < 1.29 is 0 Å². The first-order chi connectivity index (χ1) is 7.09. The molecule has 0 radical (unpaired) electrons. The monoisotopic (exact) mass is 352 g/mol. The first-order valence-electron chi connectivity index (χ1n) is 5.00. The van der Waals surface area contributed by atoms with Crippen LogP contribution in [-0.4, -0.2) is 24.5 Å². The van der Waals surface area contributed by atoms with Gasteiger partial charge in [0.1, 0.15) is 0 Å². The van der Waals surface area contributed by atoms with Crippen LogP contribution >= 0.6 is 43.2 Å².